The van der Waals surface area contributed by atoms with Gasteiger partial charge in [-0.2, -0.15) is 0 Å². The summed E-state index contributed by atoms with van der Waals surface area (Å²) in [5.74, 6) is 0.231. The highest BCUT2D eigenvalue weighted by atomic mass is 19.1. The summed E-state index contributed by atoms with van der Waals surface area (Å²) in [4.78, 5) is 14.1. The maximum atomic E-state index is 13.1. The van der Waals surface area contributed by atoms with Gasteiger partial charge in [-0.3, -0.25) is 9.69 Å². The van der Waals surface area contributed by atoms with E-state index in [1.807, 2.05) is 7.05 Å². The van der Waals surface area contributed by atoms with Crippen LogP contribution in [-0.4, -0.2) is 30.4 Å². The summed E-state index contributed by atoms with van der Waals surface area (Å²) in [5, 5.41) is 2.76. The fraction of sp³-hybridized carbons (Fsp3) is 0.562. The molecule has 0 atom stereocenters. The van der Waals surface area contributed by atoms with Crippen LogP contribution in [0, 0.1) is 11.7 Å². The van der Waals surface area contributed by atoms with Gasteiger partial charge < -0.3 is 11.1 Å². The van der Waals surface area contributed by atoms with Crippen molar-refractivity contribution in [2.75, 3.05) is 24.6 Å². The van der Waals surface area contributed by atoms with E-state index in [-0.39, 0.29) is 11.6 Å². The smallest absolute Gasteiger partial charge is 0.238 e. The van der Waals surface area contributed by atoms with E-state index in [0.717, 1.165) is 18.8 Å². The summed E-state index contributed by atoms with van der Waals surface area (Å²) in [6.07, 6.45) is 4.75. The van der Waals surface area contributed by atoms with E-state index in [1.165, 1.54) is 31.0 Å². The molecule has 1 aliphatic rings. The molecular formula is C16H24FN3O. The highest BCUT2D eigenvalue weighted by Gasteiger charge is 2.22. The van der Waals surface area contributed by atoms with E-state index >= 15 is 0 Å². The minimum atomic E-state index is -0.471. The number of nitrogens with two attached hydrogens (primary N) is 1. The third-order valence-electron chi connectivity index (χ3n) is 4.28. The van der Waals surface area contributed by atoms with Crippen molar-refractivity contribution in [2.45, 2.75) is 38.6 Å². The number of halogens is 1. The first kappa shape index (κ1) is 15.8. The van der Waals surface area contributed by atoms with Crippen molar-refractivity contribution < 1.29 is 9.18 Å². The third-order valence-corrected chi connectivity index (χ3v) is 4.28. The number of likely N-dealkylation sites (N-methyl/N-ethyl adjacent to an activating group) is 1. The van der Waals surface area contributed by atoms with Crippen molar-refractivity contribution >= 4 is 17.3 Å². The summed E-state index contributed by atoms with van der Waals surface area (Å²) in [6.45, 7) is 2.62. The minimum Gasteiger partial charge on any atom is -0.396 e. The third kappa shape index (κ3) is 4.43. The number of rotatable bonds is 4. The standard InChI is InChI=1S/C16H24FN3O/c1-11-3-6-13(7-4-11)20(2)10-16(21)19-12-5-8-14(17)15(18)9-12/h5,8-9,11,13H,3-4,6-7,10,18H2,1-2H3,(H,19,21). The lowest BCUT2D eigenvalue weighted by molar-refractivity contribution is -0.117. The average Bonchev–Trinajstić information content (AvgIpc) is 2.43. The number of hydrogen-bond acceptors (Lipinski definition) is 3. The van der Waals surface area contributed by atoms with Gasteiger partial charge in [0.2, 0.25) is 5.91 Å². The van der Waals surface area contributed by atoms with Gasteiger partial charge in [0.1, 0.15) is 5.82 Å². The molecule has 1 amide bonds. The Balaban J connectivity index is 1.84. The van der Waals surface area contributed by atoms with Gasteiger partial charge >= 0.3 is 0 Å². The van der Waals surface area contributed by atoms with Gasteiger partial charge in [0.25, 0.3) is 0 Å². The molecule has 2 rings (SSSR count). The lowest BCUT2D eigenvalue weighted by Gasteiger charge is -2.33. The largest absolute Gasteiger partial charge is 0.396 e. The molecule has 3 N–H and O–H groups in total. The topological polar surface area (TPSA) is 58.4 Å². The quantitative estimate of drug-likeness (QED) is 0.839. The molecule has 0 radical (unpaired) electrons. The number of anilines is 2. The number of nitrogens with zero attached hydrogens (tertiary/aromatic N) is 1. The number of nitrogens with one attached hydrogen (secondary N) is 1. The predicted octanol–water partition coefficient (Wildman–Crippen LogP) is 2.86. The predicted molar refractivity (Wildman–Crippen MR) is 83.5 cm³/mol. The number of nitrogen functional groups attached to an aromatic ring is 1. The number of carbonyl (C=O) groups excluding carboxylic acids is 1. The van der Waals surface area contributed by atoms with Crippen LogP contribution in [0.25, 0.3) is 0 Å². The second-order valence-corrected chi connectivity index (χ2v) is 6.11. The first-order chi connectivity index (χ1) is 9.95. The molecule has 0 spiro atoms. The second-order valence-electron chi connectivity index (χ2n) is 6.11. The molecule has 116 valence electrons. The van der Waals surface area contributed by atoms with Crippen LogP contribution in [0.2, 0.25) is 0 Å². The van der Waals surface area contributed by atoms with Gasteiger partial charge in [-0.1, -0.05) is 6.92 Å². The summed E-state index contributed by atoms with van der Waals surface area (Å²) >= 11 is 0. The molecule has 21 heavy (non-hydrogen) atoms. The number of amides is 1. The number of carbonyl (C=O) groups is 1. The first-order valence-electron chi connectivity index (χ1n) is 7.51. The summed E-state index contributed by atoms with van der Waals surface area (Å²) < 4.78 is 13.1. The Kier molecular flexibility index (Phi) is 5.17. The molecule has 1 fully saturated rings. The first-order valence-corrected chi connectivity index (χ1v) is 7.51. The molecule has 0 aromatic heterocycles. The van der Waals surface area contributed by atoms with Crippen molar-refractivity contribution in [3.63, 3.8) is 0 Å². The van der Waals surface area contributed by atoms with Gasteiger partial charge in [0.15, 0.2) is 0 Å². The van der Waals surface area contributed by atoms with Crippen molar-refractivity contribution in [2.24, 2.45) is 5.92 Å². The van der Waals surface area contributed by atoms with Crippen molar-refractivity contribution in [3.05, 3.63) is 24.0 Å². The lowest BCUT2D eigenvalue weighted by atomic mass is 9.87. The molecule has 0 bridgehead atoms. The van der Waals surface area contributed by atoms with E-state index in [4.69, 9.17) is 5.73 Å². The summed E-state index contributed by atoms with van der Waals surface area (Å²) in [5.41, 5.74) is 6.07. The molecule has 1 aliphatic carbocycles. The van der Waals surface area contributed by atoms with Crippen LogP contribution in [0.3, 0.4) is 0 Å². The average molecular weight is 293 g/mol. The Labute approximate surface area is 125 Å². The summed E-state index contributed by atoms with van der Waals surface area (Å²) in [7, 11) is 1.99. The molecule has 5 heteroatoms. The Bertz CT molecular complexity index is 498. The highest BCUT2D eigenvalue weighted by molar-refractivity contribution is 5.92. The van der Waals surface area contributed by atoms with Gasteiger partial charge in [-0.25, -0.2) is 4.39 Å². The molecule has 1 aromatic rings. The van der Waals surface area contributed by atoms with Crippen LogP contribution in [0.5, 0.6) is 0 Å². The Morgan fingerprint density at radius 1 is 1.38 bits per heavy atom. The number of benzene rings is 1. The van der Waals surface area contributed by atoms with Gasteiger partial charge in [0, 0.05) is 11.7 Å². The molecule has 0 heterocycles. The molecule has 4 nitrogen and oxygen atoms in total. The van der Waals surface area contributed by atoms with Gasteiger partial charge in [-0.05, 0) is 56.8 Å². The van der Waals surface area contributed by atoms with Crippen LogP contribution in [0.1, 0.15) is 32.6 Å². The van der Waals surface area contributed by atoms with Crippen molar-refractivity contribution in [1.29, 1.82) is 0 Å². The fourth-order valence-electron chi connectivity index (χ4n) is 2.86. The fourth-order valence-corrected chi connectivity index (χ4v) is 2.86. The Morgan fingerprint density at radius 3 is 2.67 bits per heavy atom. The molecule has 0 aliphatic heterocycles. The molecule has 0 unspecified atom stereocenters. The van der Waals surface area contributed by atoms with E-state index in [1.54, 1.807) is 0 Å². The zero-order valence-electron chi connectivity index (χ0n) is 12.7. The normalized spacial score (nSPS) is 22.3. The van der Waals surface area contributed by atoms with Crippen molar-refractivity contribution in [3.8, 4) is 0 Å². The van der Waals surface area contributed by atoms with E-state index in [0.29, 0.717) is 18.3 Å². The van der Waals surface area contributed by atoms with Crippen LogP contribution >= 0.6 is 0 Å². The number of hydrogen-bond donors (Lipinski definition) is 2. The van der Waals surface area contributed by atoms with E-state index < -0.39 is 5.82 Å². The Morgan fingerprint density at radius 2 is 2.05 bits per heavy atom. The zero-order valence-corrected chi connectivity index (χ0v) is 12.7. The van der Waals surface area contributed by atoms with Crippen LogP contribution in [0.4, 0.5) is 15.8 Å². The minimum absolute atomic E-state index is 0.0439. The lowest BCUT2D eigenvalue weighted by Crippen LogP contribution is -2.39. The van der Waals surface area contributed by atoms with E-state index in [9.17, 15) is 9.18 Å². The van der Waals surface area contributed by atoms with Gasteiger partial charge in [0.05, 0.1) is 12.2 Å². The van der Waals surface area contributed by atoms with Gasteiger partial charge in [-0.15, -0.1) is 0 Å². The van der Waals surface area contributed by atoms with Crippen LogP contribution in [-0.2, 0) is 4.79 Å². The zero-order chi connectivity index (χ0) is 15.4. The maximum absolute atomic E-state index is 13.1. The SMILES string of the molecule is CC1CCC(N(C)CC(=O)Nc2ccc(F)c(N)c2)CC1. The highest BCUT2D eigenvalue weighted by Crippen LogP contribution is 2.26. The molecule has 0 saturated heterocycles. The van der Waals surface area contributed by atoms with Crippen LogP contribution < -0.4 is 11.1 Å². The van der Waals surface area contributed by atoms with Crippen LogP contribution in [0.15, 0.2) is 18.2 Å². The van der Waals surface area contributed by atoms with E-state index in [2.05, 4.69) is 17.1 Å². The molecule has 1 saturated carbocycles. The molecule has 1 aromatic carbocycles. The maximum Gasteiger partial charge on any atom is 0.238 e. The summed E-state index contributed by atoms with van der Waals surface area (Å²) in [6, 6.07) is 4.70. The Hall–Kier alpha value is -1.62. The van der Waals surface area contributed by atoms with Crippen molar-refractivity contribution in [1.82, 2.24) is 4.90 Å². The second kappa shape index (κ2) is 6.89. The monoisotopic (exact) mass is 293 g/mol. The molecular weight excluding hydrogens is 269 g/mol.